The maximum atomic E-state index is 12.3. The molecule has 0 aromatic heterocycles. The van der Waals surface area contributed by atoms with Crippen molar-refractivity contribution >= 4 is 6.09 Å². The van der Waals surface area contributed by atoms with E-state index in [2.05, 4.69) is 12.1 Å². The third-order valence-electron chi connectivity index (χ3n) is 3.46. The average molecular weight is 291 g/mol. The second-order valence-electron chi connectivity index (χ2n) is 6.43. The van der Waals surface area contributed by atoms with Crippen LogP contribution in [0.3, 0.4) is 0 Å². The van der Waals surface area contributed by atoms with Gasteiger partial charge in [-0.15, -0.1) is 0 Å². The lowest BCUT2D eigenvalue weighted by molar-refractivity contribution is -0.0338. The molecule has 1 amide bonds. The average Bonchev–Trinajstić information content (AvgIpc) is 2.45. The van der Waals surface area contributed by atoms with Crippen molar-refractivity contribution in [2.75, 3.05) is 19.8 Å². The fraction of sp³-hybridized carbons (Fsp3) is 0.588. The molecule has 1 aromatic rings. The molecule has 0 bridgehead atoms. The molecule has 2 rings (SSSR count). The van der Waals surface area contributed by atoms with Gasteiger partial charge in [0.05, 0.1) is 19.3 Å². The van der Waals surface area contributed by atoms with Crippen molar-refractivity contribution < 1.29 is 14.3 Å². The smallest absolute Gasteiger partial charge is 0.410 e. The minimum atomic E-state index is -0.459. The number of rotatable bonds is 3. The van der Waals surface area contributed by atoms with Crippen molar-refractivity contribution in [3.8, 4) is 0 Å². The Bertz CT molecular complexity index is 453. The van der Waals surface area contributed by atoms with Crippen molar-refractivity contribution in [2.45, 2.75) is 45.3 Å². The van der Waals surface area contributed by atoms with E-state index >= 15 is 0 Å². The summed E-state index contributed by atoms with van der Waals surface area (Å²) in [5.74, 6) is 0. The van der Waals surface area contributed by atoms with E-state index in [-0.39, 0.29) is 12.1 Å². The Morgan fingerprint density at radius 1 is 1.33 bits per heavy atom. The van der Waals surface area contributed by atoms with Crippen molar-refractivity contribution in [1.29, 1.82) is 0 Å². The van der Waals surface area contributed by atoms with Crippen LogP contribution in [0.1, 0.15) is 32.8 Å². The number of amides is 1. The van der Waals surface area contributed by atoms with E-state index in [1.807, 2.05) is 43.9 Å². The summed E-state index contributed by atoms with van der Waals surface area (Å²) in [4.78, 5) is 14.1. The molecule has 0 N–H and O–H groups in total. The van der Waals surface area contributed by atoms with Crippen LogP contribution in [0.2, 0.25) is 0 Å². The summed E-state index contributed by atoms with van der Waals surface area (Å²) < 4.78 is 11.0. The lowest BCUT2D eigenvalue weighted by Crippen LogP contribution is -2.50. The highest BCUT2D eigenvalue weighted by Gasteiger charge is 2.30. The number of hydrogen-bond acceptors (Lipinski definition) is 3. The highest BCUT2D eigenvalue weighted by molar-refractivity contribution is 5.68. The van der Waals surface area contributed by atoms with Crippen LogP contribution in [0.4, 0.5) is 4.79 Å². The first-order chi connectivity index (χ1) is 9.96. The van der Waals surface area contributed by atoms with Gasteiger partial charge in [-0.2, -0.15) is 0 Å². The molecule has 1 atom stereocenters. The standard InChI is InChI=1S/C17H25NO3/c1-17(2,3)21-16(19)18-11-12-20-13-15(18)10-9-14-7-5-4-6-8-14/h4-8,15H,9-13H2,1-3H3. The monoisotopic (exact) mass is 291 g/mol. The molecule has 1 saturated heterocycles. The molecule has 4 heteroatoms. The van der Waals surface area contributed by atoms with Crippen LogP contribution >= 0.6 is 0 Å². The topological polar surface area (TPSA) is 38.8 Å². The molecule has 1 aromatic carbocycles. The molecule has 1 aliphatic rings. The normalized spacial score (nSPS) is 19.4. The zero-order chi connectivity index (χ0) is 15.3. The summed E-state index contributed by atoms with van der Waals surface area (Å²) in [5.41, 5.74) is 0.825. The molecule has 1 heterocycles. The Morgan fingerprint density at radius 3 is 2.71 bits per heavy atom. The van der Waals surface area contributed by atoms with Crippen LogP contribution in [-0.2, 0) is 15.9 Å². The molecule has 4 nitrogen and oxygen atoms in total. The van der Waals surface area contributed by atoms with Gasteiger partial charge >= 0.3 is 6.09 Å². The Kier molecular flexibility index (Phi) is 5.23. The molecule has 21 heavy (non-hydrogen) atoms. The van der Waals surface area contributed by atoms with Gasteiger partial charge in [-0.25, -0.2) is 4.79 Å². The number of ether oxygens (including phenoxy) is 2. The molecule has 1 aliphatic heterocycles. The number of carbonyl (C=O) groups is 1. The molecule has 1 unspecified atom stereocenters. The van der Waals surface area contributed by atoms with Gasteiger partial charge < -0.3 is 14.4 Å². The summed E-state index contributed by atoms with van der Waals surface area (Å²) in [5, 5.41) is 0. The Balaban J connectivity index is 1.94. The summed E-state index contributed by atoms with van der Waals surface area (Å²) in [6.07, 6.45) is 1.60. The van der Waals surface area contributed by atoms with Crippen molar-refractivity contribution in [3.05, 3.63) is 35.9 Å². The molecule has 116 valence electrons. The van der Waals surface area contributed by atoms with E-state index in [9.17, 15) is 4.79 Å². The summed E-state index contributed by atoms with van der Waals surface area (Å²) in [6.45, 7) is 7.46. The minimum absolute atomic E-state index is 0.0915. The maximum Gasteiger partial charge on any atom is 0.410 e. The second kappa shape index (κ2) is 6.94. The number of aryl methyl sites for hydroxylation is 1. The zero-order valence-electron chi connectivity index (χ0n) is 13.2. The third kappa shape index (κ3) is 5.05. The first kappa shape index (κ1) is 15.8. The zero-order valence-corrected chi connectivity index (χ0v) is 13.2. The third-order valence-corrected chi connectivity index (χ3v) is 3.46. The first-order valence-corrected chi connectivity index (χ1v) is 7.57. The van der Waals surface area contributed by atoms with E-state index < -0.39 is 5.60 Å². The number of benzene rings is 1. The maximum absolute atomic E-state index is 12.3. The van der Waals surface area contributed by atoms with Crippen molar-refractivity contribution in [3.63, 3.8) is 0 Å². The molecule has 0 radical (unpaired) electrons. The van der Waals surface area contributed by atoms with Gasteiger partial charge in [0.2, 0.25) is 0 Å². The molecule has 1 fully saturated rings. The number of nitrogens with zero attached hydrogens (tertiary/aromatic N) is 1. The van der Waals surface area contributed by atoms with Gasteiger partial charge in [0.25, 0.3) is 0 Å². The molecule has 0 spiro atoms. The second-order valence-corrected chi connectivity index (χ2v) is 6.43. The fourth-order valence-corrected chi connectivity index (χ4v) is 2.43. The highest BCUT2D eigenvalue weighted by atomic mass is 16.6. The van der Waals surface area contributed by atoms with Crippen LogP contribution in [0.5, 0.6) is 0 Å². The molecule has 0 saturated carbocycles. The lowest BCUT2D eigenvalue weighted by atomic mass is 10.0. The Labute approximate surface area is 127 Å². The van der Waals surface area contributed by atoms with E-state index in [4.69, 9.17) is 9.47 Å². The molecular formula is C17H25NO3. The van der Waals surface area contributed by atoms with Gasteiger partial charge in [-0.05, 0) is 39.2 Å². The fourth-order valence-electron chi connectivity index (χ4n) is 2.43. The Morgan fingerprint density at radius 2 is 2.05 bits per heavy atom. The van der Waals surface area contributed by atoms with Gasteiger partial charge in [0.1, 0.15) is 5.60 Å². The van der Waals surface area contributed by atoms with E-state index in [0.29, 0.717) is 19.8 Å². The minimum Gasteiger partial charge on any atom is -0.444 e. The van der Waals surface area contributed by atoms with Gasteiger partial charge in [-0.1, -0.05) is 30.3 Å². The van der Waals surface area contributed by atoms with E-state index in [1.54, 1.807) is 0 Å². The van der Waals surface area contributed by atoms with E-state index in [1.165, 1.54) is 5.56 Å². The predicted molar refractivity (Wildman–Crippen MR) is 82.3 cm³/mol. The summed E-state index contributed by atoms with van der Waals surface area (Å²) in [6, 6.07) is 10.4. The summed E-state index contributed by atoms with van der Waals surface area (Å²) in [7, 11) is 0. The Hall–Kier alpha value is -1.55. The van der Waals surface area contributed by atoms with Crippen molar-refractivity contribution in [1.82, 2.24) is 4.90 Å². The predicted octanol–water partition coefficient (Wildman–Crippen LogP) is 3.26. The SMILES string of the molecule is CC(C)(C)OC(=O)N1CCOCC1CCc1ccccc1. The number of hydrogen-bond donors (Lipinski definition) is 0. The van der Waals surface area contributed by atoms with Crippen LogP contribution in [-0.4, -0.2) is 42.4 Å². The largest absolute Gasteiger partial charge is 0.444 e. The summed E-state index contributed by atoms with van der Waals surface area (Å²) >= 11 is 0. The highest BCUT2D eigenvalue weighted by Crippen LogP contribution is 2.18. The number of morpholine rings is 1. The van der Waals surface area contributed by atoms with Crippen LogP contribution in [0, 0.1) is 0 Å². The van der Waals surface area contributed by atoms with Crippen LogP contribution in [0.25, 0.3) is 0 Å². The van der Waals surface area contributed by atoms with E-state index in [0.717, 1.165) is 12.8 Å². The van der Waals surface area contributed by atoms with Gasteiger partial charge in [0, 0.05) is 6.54 Å². The van der Waals surface area contributed by atoms with Gasteiger partial charge in [-0.3, -0.25) is 0 Å². The number of carbonyl (C=O) groups excluding carboxylic acids is 1. The lowest BCUT2D eigenvalue weighted by Gasteiger charge is -2.36. The first-order valence-electron chi connectivity index (χ1n) is 7.57. The van der Waals surface area contributed by atoms with Crippen LogP contribution < -0.4 is 0 Å². The molecule has 0 aliphatic carbocycles. The van der Waals surface area contributed by atoms with Crippen molar-refractivity contribution in [2.24, 2.45) is 0 Å². The molecular weight excluding hydrogens is 266 g/mol. The van der Waals surface area contributed by atoms with Gasteiger partial charge in [0.15, 0.2) is 0 Å². The quantitative estimate of drug-likeness (QED) is 0.858. The van der Waals surface area contributed by atoms with Crippen LogP contribution in [0.15, 0.2) is 30.3 Å².